The number of rotatable bonds is 4. The molecular weight excluding hydrogens is 264 g/mol. The number of ether oxygens (including phenoxy) is 1. The molecule has 3 N–H and O–H groups in total. The molecule has 2 unspecified atom stereocenters. The Hall–Kier alpha value is -1.55. The first-order valence-electron chi connectivity index (χ1n) is 7.87. The molecule has 0 aliphatic heterocycles. The Kier molecular flexibility index (Phi) is 3.89. The average molecular weight is 288 g/mol. The second kappa shape index (κ2) is 5.68. The largest absolute Gasteiger partial charge is 0.497 e. The number of nitrogens with one attached hydrogen (secondary N) is 1. The Morgan fingerprint density at radius 1 is 1.24 bits per heavy atom. The quantitative estimate of drug-likeness (QED) is 0.892. The Bertz CT molecular complexity index is 506. The van der Waals surface area contributed by atoms with E-state index < -0.39 is 0 Å². The van der Waals surface area contributed by atoms with Crippen molar-refractivity contribution in [2.45, 2.75) is 56.0 Å². The van der Waals surface area contributed by atoms with Gasteiger partial charge in [0.2, 0.25) is 5.91 Å². The fourth-order valence-electron chi connectivity index (χ4n) is 3.55. The van der Waals surface area contributed by atoms with E-state index in [9.17, 15) is 4.79 Å². The van der Waals surface area contributed by atoms with Gasteiger partial charge in [0.1, 0.15) is 5.75 Å². The molecule has 4 heteroatoms. The van der Waals surface area contributed by atoms with Crippen molar-refractivity contribution in [3.05, 3.63) is 29.8 Å². The molecule has 0 radical (unpaired) electrons. The molecule has 4 nitrogen and oxygen atoms in total. The van der Waals surface area contributed by atoms with E-state index in [1.165, 1.54) is 0 Å². The Morgan fingerprint density at radius 3 is 2.38 bits per heavy atom. The highest BCUT2D eigenvalue weighted by molar-refractivity contribution is 5.89. The maximum atomic E-state index is 12.9. The molecule has 1 amide bonds. The molecular formula is C17H24N2O2. The van der Waals surface area contributed by atoms with Crippen LogP contribution >= 0.6 is 0 Å². The number of carbonyl (C=O) groups excluding carboxylic acids is 1. The minimum absolute atomic E-state index is 0.128. The fourth-order valence-corrected chi connectivity index (χ4v) is 3.55. The monoisotopic (exact) mass is 288 g/mol. The Morgan fingerprint density at radius 2 is 1.90 bits per heavy atom. The highest BCUT2D eigenvalue weighted by atomic mass is 16.5. The molecule has 21 heavy (non-hydrogen) atoms. The number of carbonyl (C=O) groups is 1. The van der Waals surface area contributed by atoms with Crippen molar-refractivity contribution in [2.75, 3.05) is 7.11 Å². The number of hydrogen-bond donors (Lipinski definition) is 2. The number of nitrogens with two attached hydrogens (primary N) is 1. The summed E-state index contributed by atoms with van der Waals surface area (Å²) >= 11 is 0. The third-order valence-corrected chi connectivity index (χ3v) is 5.18. The predicted octanol–water partition coefficient (Wildman–Crippen LogP) is 2.11. The number of amides is 1. The van der Waals surface area contributed by atoms with Crippen LogP contribution in [0.2, 0.25) is 0 Å². The van der Waals surface area contributed by atoms with Crippen molar-refractivity contribution < 1.29 is 9.53 Å². The molecule has 0 heterocycles. The normalized spacial score (nSPS) is 27.0. The van der Waals surface area contributed by atoms with Crippen LogP contribution in [-0.2, 0) is 10.2 Å². The van der Waals surface area contributed by atoms with Crippen molar-refractivity contribution in [3.63, 3.8) is 0 Å². The van der Waals surface area contributed by atoms with E-state index in [1.807, 2.05) is 24.3 Å². The van der Waals surface area contributed by atoms with Gasteiger partial charge in [0.15, 0.2) is 0 Å². The van der Waals surface area contributed by atoms with Gasteiger partial charge in [-0.3, -0.25) is 4.79 Å². The van der Waals surface area contributed by atoms with Gasteiger partial charge in [-0.25, -0.2) is 0 Å². The van der Waals surface area contributed by atoms with Gasteiger partial charge >= 0.3 is 0 Å². The van der Waals surface area contributed by atoms with Crippen LogP contribution in [0.4, 0.5) is 0 Å². The van der Waals surface area contributed by atoms with Gasteiger partial charge in [-0.1, -0.05) is 25.0 Å². The summed E-state index contributed by atoms with van der Waals surface area (Å²) in [5, 5.41) is 3.18. The number of methoxy groups -OCH3 is 1. The predicted molar refractivity (Wildman–Crippen MR) is 82.3 cm³/mol. The van der Waals surface area contributed by atoms with E-state index in [4.69, 9.17) is 10.5 Å². The molecule has 0 saturated heterocycles. The molecule has 114 valence electrons. The highest BCUT2D eigenvalue weighted by Crippen LogP contribution is 2.42. The average Bonchev–Trinajstić information content (AvgIpc) is 3.02. The molecule has 2 fully saturated rings. The third-order valence-electron chi connectivity index (χ3n) is 5.18. The highest BCUT2D eigenvalue weighted by Gasteiger charge is 2.44. The van der Waals surface area contributed by atoms with Gasteiger partial charge < -0.3 is 15.8 Å². The molecule has 1 aromatic rings. The van der Waals surface area contributed by atoms with Crippen LogP contribution in [0.3, 0.4) is 0 Å². The van der Waals surface area contributed by atoms with Crippen molar-refractivity contribution in [1.82, 2.24) is 5.32 Å². The van der Waals surface area contributed by atoms with Gasteiger partial charge in [-0.05, 0) is 43.4 Å². The summed E-state index contributed by atoms with van der Waals surface area (Å²) in [4.78, 5) is 12.9. The molecule has 2 atom stereocenters. The summed E-state index contributed by atoms with van der Waals surface area (Å²) in [7, 11) is 1.66. The summed E-state index contributed by atoms with van der Waals surface area (Å²) in [6, 6.07) is 8.24. The molecule has 2 aliphatic rings. The first-order valence-corrected chi connectivity index (χ1v) is 7.87. The standard InChI is InChI=1S/C17H24N2O2/c1-21-13-6-4-12(5-7-13)17(10-2-3-11-17)16(20)19-15-9-8-14(15)18/h4-7,14-15H,2-3,8-11,18H2,1H3,(H,19,20). The summed E-state index contributed by atoms with van der Waals surface area (Å²) in [6.45, 7) is 0. The van der Waals surface area contributed by atoms with Crippen LogP contribution in [0.15, 0.2) is 24.3 Å². The first-order chi connectivity index (χ1) is 10.2. The van der Waals surface area contributed by atoms with E-state index in [0.29, 0.717) is 0 Å². The topological polar surface area (TPSA) is 64.3 Å². The minimum atomic E-state index is -0.373. The van der Waals surface area contributed by atoms with E-state index in [2.05, 4.69) is 5.32 Å². The lowest BCUT2D eigenvalue weighted by Gasteiger charge is -2.38. The van der Waals surface area contributed by atoms with Crippen LogP contribution in [0, 0.1) is 0 Å². The summed E-state index contributed by atoms with van der Waals surface area (Å²) in [5.41, 5.74) is 6.69. The third kappa shape index (κ3) is 2.53. The molecule has 2 saturated carbocycles. The SMILES string of the molecule is COc1ccc(C2(C(=O)NC3CCC3N)CCCC2)cc1. The van der Waals surface area contributed by atoms with Crippen LogP contribution in [0.5, 0.6) is 5.75 Å². The minimum Gasteiger partial charge on any atom is -0.497 e. The molecule has 1 aromatic carbocycles. The molecule has 3 rings (SSSR count). The smallest absolute Gasteiger partial charge is 0.230 e. The van der Waals surface area contributed by atoms with E-state index in [1.54, 1.807) is 7.11 Å². The summed E-state index contributed by atoms with van der Waals surface area (Å²) < 4.78 is 5.21. The lowest BCUT2D eigenvalue weighted by atomic mass is 9.76. The van der Waals surface area contributed by atoms with Crippen molar-refractivity contribution in [2.24, 2.45) is 5.73 Å². The van der Waals surface area contributed by atoms with Crippen LogP contribution < -0.4 is 15.8 Å². The van der Waals surface area contributed by atoms with Gasteiger partial charge in [-0.2, -0.15) is 0 Å². The van der Waals surface area contributed by atoms with Crippen molar-refractivity contribution in [3.8, 4) is 5.75 Å². The van der Waals surface area contributed by atoms with Gasteiger partial charge in [0, 0.05) is 12.1 Å². The van der Waals surface area contributed by atoms with E-state index >= 15 is 0 Å². The zero-order chi connectivity index (χ0) is 14.9. The Balaban J connectivity index is 1.82. The Labute approximate surface area is 126 Å². The zero-order valence-corrected chi connectivity index (χ0v) is 12.6. The maximum absolute atomic E-state index is 12.9. The van der Waals surface area contributed by atoms with E-state index in [-0.39, 0.29) is 23.4 Å². The van der Waals surface area contributed by atoms with Crippen LogP contribution in [0.25, 0.3) is 0 Å². The lowest BCUT2D eigenvalue weighted by molar-refractivity contribution is -0.128. The van der Waals surface area contributed by atoms with Crippen LogP contribution in [-0.4, -0.2) is 25.1 Å². The van der Waals surface area contributed by atoms with Crippen molar-refractivity contribution >= 4 is 5.91 Å². The second-order valence-electron chi connectivity index (χ2n) is 6.34. The van der Waals surface area contributed by atoms with Gasteiger partial charge in [0.05, 0.1) is 12.5 Å². The van der Waals surface area contributed by atoms with Crippen molar-refractivity contribution in [1.29, 1.82) is 0 Å². The molecule has 2 aliphatic carbocycles. The second-order valence-corrected chi connectivity index (χ2v) is 6.34. The maximum Gasteiger partial charge on any atom is 0.230 e. The van der Waals surface area contributed by atoms with Crippen LogP contribution in [0.1, 0.15) is 44.1 Å². The summed E-state index contributed by atoms with van der Waals surface area (Å²) in [6.07, 6.45) is 6.08. The molecule has 0 aromatic heterocycles. The first kappa shape index (κ1) is 14.4. The number of hydrogen-bond acceptors (Lipinski definition) is 3. The van der Waals surface area contributed by atoms with Gasteiger partial charge in [-0.15, -0.1) is 0 Å². The molecule has 0 spiro atoms. The zero-order valence-electron chi connectivity index (χ0n) is 12.6. The van der Waals surface area contributed by atoms with Gasteiger partial charge in [0.25, 0.3) is 0 Å². The lowest BCUT2D eigenvalue weighted by Crippen LogP contribution is -2.58. The summed E-state index contributed by atoms with van der Waals surface area (Å²) in [5.74, 6) is 0.985. The molecule has 0 bridgehead atoms. The van der Waals surface area contributed by atoms with E-state index in [0.717, 1.165) is 49.8 Å². The number of benzene rings is 1. The fraction of sp³-hybridized carbons (Fsp3) is 0.588.